The van der Waals surface area contributed by atoms with Gasteiger partial charge >= 0.3 is 5.69 Å². The topological polar surface area (TPSA) is 86.7 Å². The van der Waals surface area contributed by atoms with Crippen molar-refractivity contribution in [3.63, 3.8) is 0 Å². The molecule has 1 aliphatic carbocycles. The molecule has 5 rings (SSSR count). The number of nitrogens with one attached hydrogen (secondary N) is 1. The largest absolute Gasteiger partial charge is 0.328 e. The summed E-state index contributed by atoms with van der Waals surface area (Å²) >= 11 is 0. The smallest absolute Gasteiger partial charge is 0.320 e. The standard InChI is InChI=1S/C21H20N6O2/c1-25-16-11-10-14(12-17(16)26(2)21(25)29)22-20(28)18-19(13-8-9-13)27(24-23-18)15-6-4-3-5-7-15/h3-7,10-13H,8-9H2,1-2H3,(H,22,28). The van der Waals surface area contributed by atoms with Gasteiger partial charge in [-0.25, -0.2) is 9.48 Å². The molecule has 0 atom stereocenters. The number of amides is 1. The number of aromatic nitrogens is 5. The van der Waals surface area contributed by atoms with Crippen molar-refractivity contribution >= 4 is 22.6 Å². The van der Waals surface area contributed by atoms with Gasteiger partial charge in [0.25, 0.3) is 5.91 Å². The molecule has 0 spiro atoms. The average molecular weight is 388 g/mol. The summed E-state index contributed by atoms with van der Waals surface area (Å²) in [7, 11) is 3.44. The molecule has 1 aliphatic rings. The van der Waals surface area contributed by atoms with Gasteiger partial charge in [0.05, 0.1) is 22.4 Å². The zero-order valence-electron chi connectivity index (χ0n) is 16.2. The van der Waals surface area contributed by atoms with E-state index in [1.165, 1.54) is 0 Å². The molecular weight excluding hydrogens is 368 g/mol. The number of para-hydroxylation sites is 1. The third kappa shape index (κ3) is 2.84. The summed E-state index contributed by atoms with van der Waals surface area (Å²) in [5.41, 5.74) is 4.15. The summed E-state index contributed by atoms with van der Waals surface area (Å²) < 4.78 is 4.90. The second-order valence-corrected chi connectivity index (χ2v) is 7.40. The molecule has 1 amide bonds. The van der Waals surface area contributed by atoms with E-state index in [9.17, 15) is 9.59 Å². The maximum Gasteiger partial charge on any atom is 0.328 e. The van der Waals surface area contributed by atoms with Gasteiger partial charge in [-0.15, -0.1) is 5.10 Å². The molecule has 4 aromatic rings. The van der Waals surface area contributed by atoms with Crippen molar-refractivity contribution in [2.75, 3.05) is 5.32 Å². The number of carbonyl (C=O) groups excluding carboxylic acids is 1. The van der Waals surface area contributed by atoms with Crippen LogP contribution in [0.2, 0.25) is 0 Å². The quantitative estimate of drug-likeness (QED) is 0.582. The van der Waals surface area contributed by atoms with Crippen LogP contribution < -0.4 is 11.0 Å². The van der Waals surface area contributed by atoms with E-state index in [-0.39, 0.29) is 11.6 Å². The Labute approximate surface area is 166 Å². The molecular formula is C21H20N6O2. The van der Waals surface area contributed by atoms with Gasteiger partial charge in [-0.3, -0.25) is 13.9 Å². The summed E-state index contributed by atoms with van der Waals surface area (Å²) in [6.45, 7) is 0. The lowest BCUT2D eigenvalue weighted by atomic mass is 10.2. The molecule has 2 aromatic carbocycles. The summed E-state index contributed by atoms with van der Waals surface area (Å²) in [6, 6.07) is 15.1. The Kier molecular flexibility index (Phi) is 3.87. The first-order valence-corrected chi connectivity index (χ1v) is 9.52. The van der Waals surface area contributed by atoms with E-state index >= 15 is 0 Å². The van der Waals surface area contributed by atoms with Gasteiger partial charge in [0.15, 0.2) is 5.69 Å². The molecule has 8 nitrogen and oxygen atoms in total. The van der Waals surface area contributed by atoms with Crippen molar-refractivity contribution in [2.45, 2.75) is 18.8 Å². The van der Waals surface area contributed by atoms with Gasteiger partial charge in [0.1, 0.15) is 0 Å². The molecule has 2 heterocycles. The molecule has 1 N–H and O–H groups in total. The number of hydrogen-bond donors (Lipinski definition) is 1. The van der Waals surface area contributed by atoms with Gasteiger partial charge in [-0.2, -0.15) is 0 Å². The first-order valence-electron chi connectivity index (χ1n) is 9.52. The molecule has 8 heteroatoms. The maximum atomic E-state index is 13.0. The van der Waals surface area contributed by atoms with E-state index in [1.54, 1.807) is 40.0 Å². The van der Waals surface area contributed by atoms with Crippen molar-refractivity contribution in [2.24, 2.45) is 14.1 Å². The van der Waals surface area contributed by atoms with Crippen molar-refractivity contribution in [1.82, 2.24) is 24.1 Å². The lowest BCUT2D eigenvalue weighted by molar-refractivity contribution is 0.102. The molecule has 0 aliphatic heterocycles. The number of aryl methyl sites for hydroxylation is 2. The van der Waals surface area contributed by atoms with E-state index in [4.69, 9.17) is 0 Å². The Hall–Kier alpha value is -3.68. The van der Waals surface area contributed by atoms with Gasteiger partial charge in [-0.05, 0) is 43.2 Å². The molecule has 2 aromatic heterocycles. The summed E-state index contributed by atoms with van der Waals surface area (Å²) in [5.74, 6) is -0.00209. The van der Waals surface area contributed by atoms with E-state index in [0.717, 1.165) is 35.3 Å². The summed E-state index contributed by atoms with van der Waals surface area (Å²) in [4.78, 5) is 25.1. The van der Waals surface area contributed by atoms with Crippen LogP contribution in [0.1, 0.15) is 34.9 Å². The summed E-state index contributed by atoms with van der Waals surface area (Å²) in [6.07, 6.45) is 2.05. The van der Waals surface area contributed by atoms with Crippen LogP contribution in [0.4, 0.5) is 5.69 Å². The predicted molar refractivity (Wildman–Crippen MR) is 109 cm³/mol. The Morgan fingerprint density at radius 1 is 1.03 bits per heavy atom. The van der Waals surface area contributed by atoms with Gasteiger partial charge in [0.2, 0.25) is 0 Å². The van der Waals surface area contributed by atoms with Gasteiger partial charge in [0, 0.05) is 25.7 Å². The third-order valence-corrected chi connectivity index (χ3v) is 5.41. The lowest BCUT2D eigenvalue weighted by Crippen LogP contribution is -2.19. The average Bonchev–Trinajstić information content (AvgIpc) is 3.45. The SMILES string of the molecule is Cn1c(=O)n(C)c2cc(NC(=O)c3nnn(-c4ccccc4)c3C3CC3)ccc21. The number of benzene rings is 2. The minimum Gasteiger partial charge on any atom is -0.320 e. The second kappa shape index (κ2) is 6.44. The first kappa shape index (κ1) is 17.4. The molecule has 1 fully saturated rings. The van der Waals surface area contributed by atoms with Crippen molar-refractivity contribution in [3.05, 3.63) is 70.4 Å². The zero-order chi connectivity index (χ0) is 20.1. The highest BCUT2D eigenvalue weighted by molar-refractivity contribution is 6.04. The normalized spacial score (nSPS) is 13.7. The minimum atomic E-state index is -0.297. The fraction of sp³-hybridized carbons (Fsp3) is 0.238. The van der Waals surface area contributed by atoms with E-state index < -0.39 is 0 Å². The molecule has 0 unspecified atom stereocenters. The molecule has 0 bridgehead atoms. The van der Waals surface area contributed by atoms with Crippen LogP contribution in [0.5, 0.6) is 0 Å². The minimum absolute atomic E-state index is 0.106. The molecule has 146 valence electrons. The molecule has 0 saturated heterocycles. The highest BCUT2D eigenvalue weighted by atomic mass is 16.2. The predicted octanol–water partition coefficient (Wildman–Crippen LogP) is 2.59. The molecule has 1 saturated carbocycles. The number of anilines is 1. The van der Waals surface area contributed by atoms with E-state index in [0.29, 0.717) is 17.3 Å². The van der Waals surface area contributed by atoms with E-state index in [2.05, 4.69) is 15.6 Å². The van der Waals surface area contributed by atoms with Crippen LogP contribution in [-0.4, -0.2) is 30.0 Å². The number of fused-ring (bicyclic) bond motifs is 1. The highest BCUT2D eigenvalue weighted by Gasteiger charge is 2.34. The monoisotopic (exact) mass is 388 g/mol. The van der Waals surface area contributed by atoms with Crippen LogP contribution in [0.15, 0.2) is 53.3 Å². The lowest BCUT2D eigenvalue weighted by Gasteiger charge is -2.08. The Morgan fingerprint density at radius 3 is 2.48 bits per heavy atom. The molecule has 0 radical (unpaired) electrons. The highest BCUT2D eigenvalue weighted by Crippen LogP contribution is 2.42. The number of rotatable bonds is 4. The van der Waals surface area contributed by atoms with Crippen LogP contribution in [0, 0.1) is 0 Å². The fourth-order valence-electron chi connectivity index (χ4n) is 3.71. The third-order valence-electron chi connectivity index (χ3n) is 5.41. The number of hydrogen-bond acceptors (Lipinski definition) is 4. The van der Waals surface area contributed by atoms with Gasteiger partial charge < -0.3 is 5.32 Å². The zero-order valence-corrected chi connectivity index (χ0v) is 16.2. The van der Waals surface area contributed by atoms with Crippen LogP contribution in [-0.2, 0) is 14.1 Å². The van der Waals surface area contributed by atoms with Gasteiger partial charge in [-0.1, -0.05) is 23.4 Å². The number of nitrogens with zero attached hydrogens (tertiary/aromatic N) is 5. The maximum absolute atomic E-state index is 13.0. The fourth-order valence-corrected chi connectivity index (χ4v) is 3.71. The van der Waals surface area contributed by atoms with Crippen molar-refractivity contribution in [3.8, 4) is 5.69 Å². The van der Waals surface area contributed by atoms with Crippen LogP contribution >= 0.6 is 0 Å². The Balaban J connectivity index is 1.50. The number of carbonyl (C=O) groups is 1. The Morgan fingerprint density at radius 2 is 1.76 bits per heavy atom. The summed E-state index contributed by atoms with van der Waals surface area (Å²) in [5, 5.41) is 11.4. The number of imidazole rings is 1. The first-order chi connectivity index (χ1) is 14.0. The second-order valence-electron chi connectivity index (χ2n) is 7.40. The van der Waals surface area contributed by atoms with Crippen molar-refractivity contribution in [1.29, 1.82) is 0 Å². The molecule has 29 heavy (non-hydrogen) atoms. The van der Waals surface area contributed by atoms with Crippen molar-refractivity contribution < 1.29 is 4.79 Å². The van der Waals surface area contributed by atoms with E-state index in [1.807, 2.05) is 36.4 Å². The Bertz CT molecular complexity index is 1290. The van der Waals surface area contributed by atoms with Crippen LogP contribution in [0.3, 0.4) is 0 Å². The van der Waals surface area contributed by atoms with Crippen LogP contribution in [0.25, 0.3) is 16.7 Å².